The number of esters is 2. The molecule has 0 rings (SSSR count). The van der Waals surface area contributed by atoms with Gasteiger partial charge in [-0.15, -0.1) is 0 Å². The molecule has 2 atom stereocenters. The maximum absolute atomic E-state index is 12.7. The molecule has 0 aliphatic heterocycles. The van der Waals surface area contributed by atoms with Gasteiger partial charge < -0.3 is 18.9 Å². The number of phosphoric acid groups is 1. The van der Waals surface area contributed by atoms with Crippen LogP contribution in [0.1, 0.15) is 181 Å². The third kappa shape index (κ3) is 38.2. The van der Waals surface area contributed by atoms with Gasteiger partial charge in [-0.1, -0.05) is 147 Å². The lowest BCUT2D eigenvalue weighted by atomic mass is 10.1. The summed E-state index contributed by atoms with van der Waals surface area (Å²) >= 11 is 0. The number of likely N-dealkylation sites (N-methyl/N-ethyl adjacent to an activating group) is 1. The summed E-state index contributed by atoms with van der Waals surface area (Å²) in [4.78, 5) is 35.2. The van der Waals surface area contributed by atoms with Crippen LogP contribution in [0.25, 0.3) is 0 Å². The van der Waals surface area contributed by atoms with E-state index in [-0.39, 0.29) is 25.6 Å². The molecule has 0 bridgehead atoms. The number of allylic oxidation sites excluding steroid dienone is 4. The van der Waals surface area contributed by atoms with Gasteiger partial charge in [0.1, 0.15) is 19.8 Å². The highest BCUT2D eigenvalue weighted by Crippen LogP contribution is 2.43. The Morgan fingerprint density at radius 2 is 1.04 bits per heavy atom. The van der Waals surface area contributed by atoms with Crippen LogP contribution in [0.4, 0.5) is 0 Å². The largest absolute Gasteiger partial charge is 0.472 e. The molecule has 306 valence electrons. The quantitative estimate of drug-likeness (QED) is 0.0218. The summed E-state index contributed by atoms with van der Waals surface area (Å²) in [7, 11) is 1.47. The average Bonchev–Trinajstić information content (AvgIpc) is 3.09. The normalized spacial score (nSPS) is 13.9. The first-order valence-corrected chi connectivity index (χ1v) is 22.6. The van der Waals surface area contributed by atoms with Crippen molar-refractivity contribution in [3.63, 3.8) is 0 Å². The molecule has 1 N–H and O–H groups in total. The van der Waals surface area contributed by atoms with Gasteiger partial charge >= 0.3 is 19.8 Å². The summed E-state index contributed by atoms with van der Waals surface area (Å²) < 4.78 is 34.2. The van der Waals surface area contributed by atoms with Crippen molar-refractivity contribution in [2.24, 2.45) is 0 Å². The molecule has 0 aromatic rings. The topological polar surface area (TPSA) is 108 Å². The van der Waals surface area contributed by atoms with Crippen molar-refractivity contribution in [1.29, 1.82) is 0 Å². The lowest BCUT2D eigenvalue weighted by molar-refractivity contribution is -0.870. The molecule has 0 spiro atoms. The van der Waals surface area contributed by atoms with Gasteiger partial charge in [0, 0.05) is 12.8 Å². The fraction of sp³-hybridized carbons (Fsp3) is 0.857. The van der Waals surface area contributed by atoms with Crippen LogP contribution in [-0.4, -0.2) is 74.9 Å². The monoisotopic (exact) mass is 759 g/mol. The van der Waals surface area contributed by atoms with E-state index in [1.807, 2.05) is 21.1 Å². The molecule has 0 radical (unpaired) electrons. The third-order valence-corrected chi connectivity index (χ3v) is 9.97. The number of unbranched alkanes of at least 4 members (excludes halogenated alkanes) is 20. The summed E-state index contributed by atoms with van der Waals surface area (Å²) in [6.45, 7) is 4.38. The predicted octanol–water partition coefficient (Wildman–Crippen LogP) is 11.6. The molecule has 52 heavy (non-hydrogen) atoms. The van der Waals surface area contributed by atoms with Crippen LogP contribution < -0.4 is 0 Å². The highest BCUT2D eigenvalue weighted by Gasteiger charge is 2.27. The van der Waals surface area contributed by atoms with Gasteiger partial charge in [-0.2, -0.15) is 0 Å². The van der Waals surface area contributed by atoms with Crippen molar-refractivity contribution in [2.45, 2.75) is 187 Å². The van der Waals surface area contributed by atoms with Crippen molar-refractivity contribution in [1.82, 2.24) is 0 Å². The number of phosphoric ester groups is 1. The van der Waals surface area contributed by atoms with Crippen LogP contribution in [0.3, 0.4) is 0 Å². The average molecular weight is 759 g/mol. The maximum Gasteiger partial charge on any atom is 0.472 e. The van der Waals surface area contributed by atoms with E-state index in [4.69, 9.17) is 18.5 Å². The van der Waals surface area contributed by atoms with Gasteiger partial charge in [0.2, 0.25) is 0 Å². The van der Waals surface area contributed by atoms with E-state index in [2.05, 4.69) is 38.2 Å². The van der Waals surface area contributed by atoms with Crippen LogP contribution in [0.15, 0.2) is 24.3 Å². The SMILES string of the molecule is CCCCC/C=C\C/C=C\CCCCCCCCCC(=O)OC(COC(=O)CCCCCCCCCCCCC)COP(=O)(O)OCC[N+](C)(C)C. The van der Waals surface area contributed by atoms with Gasteiger partial charge in [-0.25, -0.2) is 4.57 Å². The van der Waals surface area contributed by atoms with Crippen molar-refractivity contribution in [3.8, 4) is 0 Å². The van der Waals surface area contributed by atoms with Crippen LogP contribution in [0.2, 0.25) is 0 Å². The number of nitrogens with zero attached hydrogens (tertiary/aromatic N) is 1. The van der Waals surface area contributed by atoms with E-state index in [1.165, 1.54) is 96.3 Å². The van der Waals surface area contributed by atoms with Crippen molar-refractivity contribution in [2.75, 3.05) is 47.5 Å². The Balaban J connectivity index is 4.38. The number of hydrogen-bond acceptors (Lipinski definition) is 7. The van der Waals surface area contributed by atoms with Crippen molar-refractivity contribution < 1.29 is 42.1 Å². The summed E-state index contributed by atoms with van der Waals surface area (Å²) in [5, 5.41) is 0. The second-order valence-electron chi connectivity index (χ2n) is 15.4. The Morgan fingerprint density at radius 1 is 0.596 bits per heavy atom. The number of rotatable bonds is 38. The Bertz CT molecular complexity index is 949. The lowest BCUT2D eigenvalue weighted by Gasteiger charge is -2.24. The summed E-state index contributed by atoms with van der Waals surface area (Å²) in [6.07, 6.45) is 36.4. The van der Waals surface area contributed by atoms with Crippen molar-refractivity contribution in [3.05, 3.63) is 24.3 Å². The molecule has 0 amide bonds. The number of carbonyl (C=O) groups excluding carboxylic acids is 2. The molecule has 10 heteroatoms. The Hall–Kier alpha value is -1.51. The summed E-state index contributed by atoms with van der Waals surface area (Å²) in [5.41, 5.74) is 0. The van der Waals surface area contributed by atoms with E-state index >= 15 is 0 Å². The fourth-order valence-electron chi connectivity index (χ4n) is 5.63. The highest BCUT2D eigenvalue weighted by molar-refractivity contribution is 7.47. The number of ether oxygens (including phenoxy) is 2. The minimum Gasteiger partial charge on any atom is -0.462 e. The van der Waals surface area contributed by atoms with Gasteiger partial charge in [0.15, 0.2) is 6.10 Å². The van der Waals surface area contributed by atoms with Crippen LogP contribution in [-0.2, 0) is 32.7 Å². The molecule has 0 saturated carbocycles. The van der Waals surface area contributed by atoms with Crippen LogP contribution >= 0.6 is 7.82 Å². The van der Waals surface area contributed by atoms with Crippen LogP contribution in [0.5, 0.6) is 0 Å². The van der Waals surface area contributed by atoms with E-state index < -0.39 is 26.5 Å². The number of hydrogen-bond donors (Lipinski definition) is 1. The molecule has 0 heterocycles. The molecule has 0 aromatic heterocycles. The molecule has 0 aliphatic rings. The molecule has 0 aliphatic carbocycles. The van der Waals surface area contributed by atoms with Crippen LogP contribution in [0, 0.1) is 0 Å². The standard InChI is InChI=1S/C42H80NO8P/c1-6-8-10-12-14-16-18-19-20-21-22-23-25-27-29-31-33-35-42(45)51-40(39-50-52(46,47)49-37-36-43(3,4)5)38-48-41(44)34-32-30-28-26-24-17-15-13-11-9-7-2/h14,16,19-20,40H,6-13,15,17-18,21-39H2,1-5H3/p+1/b16-14-,20-19-. The maximum atomic E-state index is 12.7. The first kappa shape index (κ1) is 50.5. The second kappa shape index (κ2) is 35.2. The minimum atomic E-state index is -4.37. The minimum absolute atomic E-state index is 0.0316. The molecular formula is C42H81NO8P+. The Labute approximate surface area is 319 Å². The second-order valence-corrected chi connectivity index (χ2v) is 16.8. The van der Waals surface area contributed by atoms with Gasteiger partial charge in [-0.3, -0.25) is 18.6 Å². The van der Waals surface area contributed by atoms with Gasteiger partial charge in [-0.05, 0) is 44.9 Å². The Kier molecular flexibility index (Phi) is 34.2. The van der Waals surface area contributed by atoms with E-state index in [0.717, 1.165) is 51.4 Å². The Morgan fingerprint density at radius 3 is 1.56 bits per heavy atom. The summed E-state index contributed by atoms with van der Waals surface area (Å²) in [6, 6.07) is 0. The van der Waals surface area contributed by atoms with E-state index in [0.29, 0.717) is 23.9 Å². The molecule has 2 unspecified atom stereocenters. The van der Waals surface area contributed by atoms with Gasteiger partial charge in [0.25, 0.3) is 0 Å². The molecule has 9 nitrogen and oxygen atoms in total. The molecule has 0 saturated heterocycles. The fourth-order valence-corrected chi connectivity index (χ4v) is 6.37. The van der Waals surface area contributed by atoms with Crippen molar-refractivity contribution >= 4 is 19.8 Å². The smallest absolute Gasteiger partial charge is 0.462 e. The zero-order valence-electron chi connectivity index (χ0n) is 34.3. The molecule has 0 aromatic carbocycles. The lowest BCUT2D eigenvalue weighted by Crippen LogP contribution is -2.37. The number of carbonyl (C=O) groups is 2. The van der Waals surface area contributed by atoms with E-state index in [1.54, 1.807) is 0 Å². The van der Waals surface area contributed by atoms with Gasteiger partial charge in [0.05, 0.1) is 27.7 Å². The predicted molar refractivity (Wildman–Crippen MR) is 215 cm³/mol. The number of quaternary nitrogens is 1. The molecule has 0 fully saturated rings. The van der Waals surface area contributed by atoms with E-state index in [9.17, 15) is 19.0 Å². The zero-order valence-corrected chi connectivity index (χ0v) is 35.2. The summed E-state index contributed by atoms with van der Waals surface area (Å²) in [5.74, 6) is -0.805. The zero-order chi connectivity index (χ0) is 38.6. The highest BCUT2D eigenvalue weighted by atomic mass is 31.2. The first-order valence-electron chi connectivity index (χ1n) is 21.1. The third-order valence-electron chi connectivity index (χ3n) is 8.98. The molecular weight excluding hydrogens is 677 g/mol. The first-order chi connectivity index (χ1) is 25.0.